The van der Waals surface area contributed by atoms with Crippen LogP contribution in [0.3, 0.4) is 0 Å². The molecule has 2 bridgehead atoms. The zero-order valence-corrected chi connectivity index (χ0v) is 20.9. The lowest BCUT2D eigenvalue weighted by Gasteiger charge is -2.52. The van der Waals surface area contributed by atoms with Crippen molar-refractivity contribution < 1.29 is 18.6 Å². The molecule has 2 saturated heterocycles. The number of benzene rings is 1. The minimum Gasteiger partial charge on any atom is -0.507 e. The number of nitrogens with one attached hydrogen (secondary N) is 1. The average molecular weight is 509 g/mol. The second-order valence-electron chi connectivity index (χ2n) is 10.6. The topological polar surface area (TPSA) is 96.3 Å². The Kier molecular flexibility index (Phi) is 5.94. The molecule has 4 atom stereocenters. The van der Waals surface area contributed by atoms with Gasteiger partial charge in [0.05, 0.1) is 25.5 Å². The minimum absolute atomic E-state index is 0.0808. The number of piperidine rings is 2. The zero-order valence-electron chi connectivity index (χ0n) is 20.9. The van der Waals surface area contributed by atoms with Crippen molar-refractivity contribution in [3.8, 4) is 34.0 Å². The number of anilines is 1. The van der Waals surface area contributed by atoms with E-state index in [2.05, 4.69) is 32.4 Å². The summed E-state index contributed by atoms with van der Waals surface area (Å²) < 4.78 is 35.0. The Morgan fingerprint density at radius 3 is 2.65 bits per heavy atom. The van der Waals surface area contributed by atoms with E-state index in [1.165, 1.54) is 19.2 Å². The van der Waals surface area contributed by atoms with E-state index >= 15 is 4.39 Å². The molecule has 1 saturated carbocycles. The second kappa shape index (κ2) is 9.16. The molecular formula is C27H30F2N6O2. The van der Waals surface area contributed by atoms with Crippen LogP contribution in [0.1, 0.15) is 45.4 Å². The van der Waals surface area contributed by atoms with Gasteiger partial charge in [0.1, 0.15) is 23.4 Å². The van der Waals surface area contributed by atoms with Gasteiger partial charge >= 0.3 is 0 Å². The van der Waals surface area contributed by atoms with Crippen molar-refractivity contribution >= 4 is 5.95 Å². The van der Waals surface area contributed by atoms with Crippen LogP contribution < -0.4 is 15.0 Å². The van der Waals surface area contributed by atoms with Crippen LogP contribution in [0.25, 0.3) is 22.4 Å². The Morgan fingerprint density at radius 2 is 1.95 bits per heavy atom. The van der Waals surface area contributed by atoms with Gasteiger partial charge in [0, 0.05) is 34.8 Å². The number of phenolic OH excluding ortho intramolecular Hbond substituents is 1. The van der Waals surface area contributed by atoms with Crippen LogP contribution in [0.5, 0.6) is 11.6 Å². The number of nitrogens with zero attached hydrogens (tertiary/aromatic N) is 5. The fourth-order valence-corrected chi connectivity index (χ4v) is 5.91. The molecule has 3 aromatic rings. The number of methoxy groups -OCH3 is 1. The highest BCUT2D eigenvalue weighted by molar-refractivity contribution is 5.74. The van der Waals surface area contributed by atoms with Crippen LogP contribution in [0, 0.1) is 5.82 Å². The summed E-state index contributed by atoms with van der Waals surface area (Å²) in [6, 6.07) is 6.04. The predicted octanol–water partition coefficient (Wildman–Crippen LogP) is 4.43. The molecule has 10 heteroatoms. The molecule has 4 heterocycles. The van der Waals surface area contributed by atoms with E-state index in [9.17, 15) is 9.50 Å². The van der Waals surface area contributed by atoms with Crippen molar-refractivity contribution in [2.24, 2.45) is 0 Å². The normalized spacial score (nSPS) is 27.1. The van der Waals surface area contributed by atoms with E-state index in [0.717, 1.165) is 38.3 Å². The summed E-state index contributed by atoms with van der Waals surface area (Å²) in [6.07, 6.45) is 7.23. The van der Waals surface area contributed by atoms with Crippen molar-refractivity contribution in [1.29, 1.82) is 0 Å². The predicted molar refractivity (Wildman–Crippen MR) is 135 cm³/mol. The molecule has 3 aliphatic rings. The van der Waals surface area contributed by atoms with Gasteiger partial charge in [-0.1, -0.05) is 6.07 Å². The molecule has 2 N–H and O–H groups in total. The molecule has 2 aliphatic heterocycles. The van der Waals surface area contributed by atoms with Crippen LogP contribution in [0.15, 0.2) is 36.7 Å². The van der Waals surface area contributed by atoms with Crippen molar-refractivity contribution in [2.75, 3.05) is 12.0 Å². The average Bonchev–Trinajstić information content (AvgIpc) is 3.73. The number of halogens is 2. The Labute approximate surface area is 214 Å². The highest BCUT2D eigenvalue weighted by Gasteiger charge is 2.50. The Morgan fingerprint density at radius 1 is 1.11 bits per heavy atom. The molecule has 1 aromatic carbocycles. The van der Waals surface area contributed by atoms with Crippen molar-refractivity contribution in [2.45, 2.75) is 75.3 Å². The molecule has 0 unspecified atom stereocenters. The van der Waals surface area contributed by atoms with Crippen LogP contribution in [0.4, 0.5) is 14.7 Å². The standard InChI is InChI=1S/C27H30F2N6O2/c1-27-9-3-4-20(32-27)25(29)22(12-27)35(16-6-7-16)26-31-14-21(33-34-26)17-8-5-15(10-23(17)36)18-11-24(37-2)30-13-19(18)28/h5,8,10-11,13-14,16,20,22,25,32,36H,3-4,6-7,9,12H2,1-2H3/t20-,22+,25-,27+/m0/s1. The molecule has 6 rings (SSSR count). The lowest BCUT2D eigenvalue weighted by molar-refractivity contribution is 0.0582. The van der Waals surface area contributed by atoms with Gasteiger partial charge in [0.25, 0.3) is 0 Å². The number of ether oxygens (including phenoxy) is 1. The SMILES string of the molecule is COc1cc(-c2ccc(-c3cnc(N(C4CC4)[C@@H]4C[C@@]5(C)CCC[C@H](N5)[C@@H]4F)nn3)c(O)c2)c(F)cn1. The highest BCUT2D eigenvalue weighted by atomic mass is 19.1. The number of aromatic nitrogens is 4. The maximum absolute atomic E-state index is 15.6. The first-order valence-electron chi connectivity index (χ1n) is 12.8. The number of rotatable bonds is 6. The molecule has 0 amide bonds. The van der Waals surface area contributed by atoms with E-state index in [1.807, 2.05) is 4.90 Å². The molecule has 8 nitrogen and oxygen atoms in total. The van der Waals surface area contributed by atoms with Crippen LogP contribution in [0.2, 0.25) is 0 Å². The van der Waals surface area contributed by atoms with Gasteiger partial charge < -0.3 is 20.1 Å². The smallest absolute Gasteiger partial charge is 0.245 e. The van der Waals surface area contributed by atoms with Crippen molar-refractivity contribution in [3.63, 3.8) is 0 Å². The van der Waals surface area contributed by atoms with E-state index in [0.29, 0.717) is 29.2 Å². The monoisotopic (exact) mass is 508 g/mol. The summed E-state index contributed by atoms with van der Waals surface area (Å²) in [4.78, 5) is 10.5. The number of phenols is 1. The molecule has 194 valence electrons. The fourth-order valence-electron chi connectivity index (χ4n) is 5.91. The van der Waals surface area contributed by atoms with Gasteiger partial charge in [-0.3, -0.25) is 0 Å². The first kappa shape index (κ1) is 24.0. The number of hydrogen-bond acceptors (Lipinski definition) is 8. The second-order valence-corrected chi connectivity index (χ2v) is 10.6. The molecule has 0 radical (unpaired) electrons. The first-order chi connectivity index (χ1) is 17.8. The third kappa shape index (κ3) is 4.47. The quantitative estimate of drug-likeness (QED) is 0.505. The molecular weight excluding hydrogens is 478 g/mol. The lowest BCUT2D eigenvalue weighted by atomic mass is 9.74. The van der Waals surface area contributed by atoms with Gasteiger partial charge in [0.15, 0.2) is 0 Å². The van der Waals surface area contributed by atoms with E-state index in [4.69, 9.17) is 4.74 Å². The minimum atomic E-state index is -0.999. The van der Waals surface area contributed by atoms with Crippen molar-refractivity contribution in [1.82, 2.24) is 25.5 Å². The van der Waals surface area contributed by atoms with Crippen molar-refractivity contribution in [3.05, 3.63) is 42.5 Å². The largest absolute Gasteiger partial charge is 0.507 e. The third-order valence-corrected chi connectivity index (χ3v) is 7.89. The maximum Gasteiger partial charge on any atom is 0.245 e. The van der Waals surface area contributed by atoms with Gasteiger partial charge in [-0.25, -0.2) is 18.7 Å². The van der Waals surface area contributed by atoms with Gasteiger partial charge in [-0.15, -0.1) is 10.2 Å². The van der Waals surface area contributed by atoms with Crippen LogP contribution in [-0.4, -0.2) is 62.2 Å². The molecule has 1 aliphatic carbocycles. The van der Waals surface area contributed by atoms with Crippen LogP contribution >= 0.6 is 0 Å². The Hall–Kier alpha value is -3.40. The molecule has 0 spiro atoms. The number of pyridine rings is 1. The summed E-state index contributed by atoms with van der Waals surface area (Å²) in [5.41, 5.74) is 1.44. The summed E-state index contributed by atoms with van der Waals surface area (Å²) in [6.45, 7) is 2.19. The summed E-state index contributed by atoms with van der Waals surface area (Å²) in [7, 11) is 1.45. The molecule has 37 heavy (non-hydrogen) atoms. The number of fused-ring (bicyclic) bond motifs is 2. The Balaban J connectivity index is 1.27. The van der Waals surface area contributed by atoms with E-state index in [1.54, 1.807) is 18.3 Å². The number of aromatic hydroxyl groups is 1. The lowest BCUT2D eigenvalue weighted by Crippen LogP contribution is -2.67. The fraction of sp³-hybridized carbons (Fsp3) is 0.481. The molecule has 2 aromatic heterocycles. The number of alkyl halides is 1. The molecule has 3 fully saturated rings. The summed E-state index contributed by atoms with van der Waals surface area (Å²) in [5.74, 6) is 0.0803. The third-order valence-electron chi connectivity index (χ3n) is 7.89. The number of hydrogen-bond donors (Lipinski definition) is 2. The van der Waals surface area contributed by atoms with Gasteiger partial charge in [0.2, 0.25) is 11.8 Å². The summed E-state index contributed by atoms with van der Waals surface area (Å²) in [5, 5.41) is 23.0. The first-order valence-corrected chi connectivity index (χ1v) is 12.8. The maximum atomic E-state index is 15.6. The highest BCUT2D eigenvalue weighted by Crippen LogP contribution is 2.42. The zero-order chi connectivity index (χ0) is 25.7. The van der Waals surface area contributed by atoms with E-state index < -0.39 is 12.0 Å². The Bertz CT molecular complexity index is 1300. The van der Waals surface area contributed by atoms with Crippen LogP contribution in [-0.2, 0) is 0 Å². The van der Waals surface area contributed by atoms with Gasteiger partial charge in [-0.2, -0.15) is 0 Å². The summed E-state index contributed by atoms with van der Waals surface area (Å²) >= 11 is 0. The van der Waals surface area contributed by atoms with E-state index in [-0.39, 0.29) is 40.9 Å². The van der Waals surface area contributed by atoms with Gasteiger partial charge in [-0.05, 0) is 63.1 Å².